The van der Waals surface area contributed by atoms with E-state index in [0.717, 1.165) is 18.5 Å². The molecule has 3 rings (SSSR count). The summed E-state index contributed by atoms with van der Waals surface area (Å²) in [5.74, 6) is 0. The zero-order chi connectivity index (χ0) is 17.8. The van der Waals surface area contributed by atoms with Crippen LogP contribution in [-0.4, -0.2) is 0 Å². The van der Waals surface area contributed by atoms with Crippen LogP contribution in [0.3, 0.4) is 0 Å². The highest BCUT2D eigenvalue weighted by atomic mass is 31.0. The van der Waals surface area contributed by atoms with E-state index in [2.05, 4.69) is 95.3 Å². The monoisotopic (exact) mass is 382 g/mol. The van der Waals surface area contributed by atoms with Gasteiger partial charge in [0.1, 0.15) is 0 Å². The molecule has 0 nitrogen and oxygen atoms in total. The van der Waals surface area contributed by atoms with Crippen LogP contribution in [0.15, 0.2) is 60.7 Å². The molecule has 0 aliphatic heterocycles. The van der Waals surface area contributed by atoms with Crippen molar-refractivity contribution in [2.45, 2.75) is 25.4 Å². The average Bonchev–Trinajstić information content (AvgIpc) is 2.67. The lowest BCUT2D eigenvalue weighted by molar-refractivity contribution is 1.28. The molecule has 0 aliphatic rings. The Labute approximate surface area is 158 Å². The van der Waals surface area contributed by atoms with Crippen molar-refractivity contribution in [1.82, 2.24) is 0 Å². The van der Waals surface area contributed by atoms with Crippen molar-refractivity contribution in [3.8, 4) is 22.3 Å². The maximum Gasteiger partial charge on any atom is -0.0125 e. The fourth-order valence-corrected chi connectivity index (χ4v) is 4.41. The molecule has 0 aromatic heterocycles. The van der Waals surface area contributed by atoms with Gasteiger partial charge in [-0.1, -0.05) is 54.6 Å². The molecule has 25 heavy (non-hydrogen) atoms. The van der Waals surface area contributed by atoms with Crippen molar-refractivity contribution in [2.75, 3.05) is 0 Å². The maximum absolute atomic E-state index is 2.85. The lowest BCUT2D eigenvalue weighted by atomic mass is 9.95. The highest BCUT2D eigenvalue weighted by Gasteiger charge is 2.06. The molecule has 0 saturated carbocycles. The molecule has 0 spiro atoms. The van der Waals surface area contributed by atoms with E-state index in [0.29, 0.717) is 0 Å². The first kappa shape index (κ1) is 18.7. The van der Waals surface area contributed by atoms with E-state index in [4.69, 9.17) is 0 Å². The van der Waals surface area contributed by atoms with E-state index in [1.54, 1.807) is 0 Å². The summed E-state index contributed by atoms with van der Waals surface area (Å²) in [5.41, 5.74) is 10.7. The largest absolute Gasteiger partial charge is 0.133 e. The van der Waals surface area contributed by atoms with Crippen LogP contribution in [0, 0.1) is 6.92 Å². The Morgan fingerprint density at radius 1 is 0.560 bits per heavy atom. The molecule has 0 saturated heterocycles. The van der Waals surface area contributed by atoms with Crippen LogP contribution in [0.4, 0.5) is 0 Å². The molecular formula is C22H25P3. The van der Waals surface area contributed by atoms with Gasteiger partial charge in [-0.05, 0) is 76.0 Å². The second-order valence-electron chi connectivity index (χ2n) is 6.32. The predicted octanol–water partition coefficient (Wildman–Crippen LogP) is 6.45. The highest BCUT2D eigenvalue weighted by molar-refractivity contribution is 7.16. The van der Waals surface area contributed by atoms with Gasteiger partial charge < -0.3 is 0 Å². The minimum atomic E-state index is 0.993. The number of rotatable bonds is 5. The second-order valence-corrected chi connectivity index (χ2v) is 7.54. The first-order valence-corrected chi connectivity index (χ1v) is 11.0. The fraction of sp³-hybridized carbons (Fsp3) is 0.182. The summed E-state index contributed by atoms with van der Waals surface area (Å²) >= 11 is 0. The van der Waals surface area contributed by atoms with Gasteiger partial charge in [-0.2, -0.15) is 0 Å². The molecule has 0 amide bonds. The van der Waals surface area contributed by atoms with Crippen LogP contribution in [0.1, 0.15) is 22.3 Å². The summed E-state index contributed by atoms with van der Waals surface area (Å²) in [5, 5.41) is 0. The molecule has 3 unspecified atom stereocenters. The third-order valence-corrected chi connectivity index (χ3v) is 6.06. The molecule has 0 radical (unpaired) electrons. The second kappa shape index (κ2) is 8.56. The molecule has 3 aromatic rings. The summed E-state index contributed by atoms with van der Waals surface area (Å²) in [4.78, 5) is 0. The van der Waals surface area contributed by atoms with Crippen molar-refractivity contribution in [2.24, 2.45) is 0 Å². The molecule has 128 valence electrons. The lowest BCUT2D eigenvalue weighted by Crippen LogP contribution is -1.90. The van der Waals surface area contributed by atoms with Gasteiger partial charge in [-0.3, -0.25) is 0 Å². The Hall–Kier alpha value is -1.05. The van der Waals surface area contributed by atoms with Crippen LogP contribution in [0.2, 0.25) is 0 Å². The standard InChI is InChI=1S/C22H25P3/c1-15-9-18(5-7-20(15)12-23)16-3-2-4-17(10-16)19-6-8-21(13-24)22(11-19)14-25/h2-11H,12-14,23-25H2,1H3. The third kappa shape index (κ3) is 4.20. The van der Waals surface area contributed by atoms with E-state index in [9.17, 15) is 0 Å². The van der Waals surface area contributed by atoms with E-state index in [1.807, 2.05) is 0 Å². The number of aryl methyl sites for hydroxylation is 1. The smallest absolute Gasteiger partial charge is 0.0125 e. The molecule has 0 heterocycles. The van der Waals surface area contributed by atoms with E-state index >= 15 is 0 Å². The van der Waals surface area contributed by atoms with Gasteiger partial charge in [0.2, 0.25) is 0 Å². The Morgan fingerprint density at radius 3 is 1.64 bits per heavy atom. The summed E-state index contributed by atoms with van der Waals surface area (Å²) in [6, 6.07) is 22.5. The molecule has 3 heteroatoms. The van der Waals surface area contributed by atoms with Gasteiger partial charge in [0.05, 0.1) is 0 Å². The summed E-state index contributed by atoms with van der Waals surface area (Å²) < 4.78 is 0. The van der Waals surface area contributed by atoms with Crippen molar-refractivity contribution in [3.05, 3.63) is 82.9 Å². The maximum atomic E-state index is 2.85. The van der Waals surface area contributed by atoms with E-state index in [-0.39, 0.29) is 0 Å². The van der Waals surface area contributed by atoms with Gasteiger partial charge >= 0.3 is 0 Å². The van der Waals surface area contributed by atoms with E-state index < -0.39 is 0 Å². The van der Waals surface area contributed by atoms with Crippen LogP contribution < -0.4 is 0 Å². The van der Waals surface area contributed by atoms with Crippen molar-refractivity contribution >= 4 is 27.7 Å². The van der Waals surface area contributed by atoms with Gasteiger partial charge in [-0.25, -0.2) is 0 Å². The van der Waals surface area contributed by atoms with Gasteiger partial charge in [0, 0.05) is 0 Å². The fourth-order valence-electron chi connectivity index (χ4n) is 3.18. The van der Waals surface area contributed by atoms with Gasteiger partial charge in [-0.15, -0.1) is 27.7 Å². The summed E-state index contributed by atoms with van der Waals surface area (Å²) in [6.45, 7) is 2.19. The van der Waals surface area contributed by atoms with Crippen LogP contribution in [0.25, 0.3) is 22.3 Å². The first-order valence-electron chi connectivity index (χ1n) is 8.58. The Morgan fingerprint density at radius 2 is 1.08 bits per heavy atom. The molecule has 0 N–H and O–H groups in total. The van der Waals surface area contributed by atoms with Crippen molar-refractivity contribution in [1.29, 1.82) is 0 Å². The SMILES string of the molecule is Cc1cc(-c2cccc(-c3ccc(CP)c(CP)c3)c2)ccc1CP. The molecule has 3 atom stereocenters. The average molecular weight is 382 g/mol. The van der Waals surface area contributed by atoms with Crippen LogP contribution >= 0.6 is 27.7 Å². The number of hydrogen-bond acceptors (Lipinski definition) is 0. The van der Waals surface area contributed by atoms with Gasteiger partial charge in [0.15, 0.2) is 0 Å². The molecule has 0 bridgehead atoms. The quantitative estimate of drug-likeness (QED) is 0.445. The first-order chi connectivity index (χ1) is 12.2. The zero-order valence-corrected chi connectivity index (χ0v) is 18.1. The number of hydrogen-bond donors (Lipinski definition) is 0. The minimum Gasteiger partial charge on any atom is -0.133 e. The minimum absolute atomic E-state index is 0.993. The summed E-state index contributed by atoms with van der Waals surface area (Å²) in [6.07, 6.45) is 3.00. The molecule has 3 aromatic carbocycles. The van der Waals surface area contributed by atoms with Crippen LogP contribution in [0.5, 0.6) is 0 Å². The number of benzene rings is 3. The molecular weight excluding hydrogens is 357 g/mol. The lowest BCUT2D eigenvalue weighted by Gasteiger charge is -2.11. The van der Waals surface area contributed by atoms with Gasteiger partial charge in [0.25, 0.3) is 0 Å². The van der Waals surface area contributed by atoms with Crippen molar-refractivity contribution < 1.29 is 0 Å². The topological polar surface area (TPSA) is 0 Å². The van der Waals surface area contributed by atoms with E-state index in [1.165, 1.54) is 44.5 Å². The van der Waals surface area contributed by atoms with Crippen molar-refractivity contribution in [3.63, 3.8) is 0 Å². The Kier molecular flexibility index (Phi) is 6.41. The molecule has 0 fully saturated rings. The zero-order valence-electron chi connectivity index (χ0n) is 14.6. The highest BCUT2D eigenvalue weighted by Crippen LogP contribution is 2.30. The Bertz CT molecular complexity index is 884. The predicted molar refractivity (Wildman–Crippen MR) is 122 cm³/mol. The van der Waals surface area contributed by atoms with Crippen LogP contribution in [-0.2, 0) is 18.5 Å². The normalized spacial score (nSPS) is 10.9. The third-order valence-electron chi connectivity index (χ3n) is 4.74. The summed E-state index contributed by atoms with van der Waals surface area (Å²) in [7, 11) is 8.48. The molecule has 0 aliphatic carbocycles. The Balaban J connectivity index is 2.01.